The van der Waals surface area contributed by atoms with Crippen molar-refractivity contribution in [1.29, 1.82) is 0 Å². The molecule has 1 aliphatic heterocycles. The minimum atomic E-state index is 0.0976. The van der Waals surface area contributed by atoms with Gasteiger partial charge < -0.3 is 14.6 Å². The number of carbonyl (C=O) groups excluding carboxylic acids is 1. The number of thioether (sulfide) groups is 1. The van der Waals surface area contributed by atoms with E-state index in [2.05, 4.69) is 27.0 Å². The summed E-state index contributed by atoms with van der Waals surface area (Å²) in [6.45, 7) is 1.63. The molecule has 1 N–H and O–H groups in total. The Morgan fingerprint density at radius 3 is 2.84 bits per heavy atom. The van der Waals surface area contributed by atoms with E-state index in [1.807, 2.05) is 24.4 Å². The number of rotatable bonds is 7. The minimum absolute atomic E-state index is 0.0976. The van der Waals surface area contributed by atoms with Gasteiger partial charge in [-0.25, -0.2) is 4.98 Å². The van der Waals surface area contributed by atoms with Gasteiger partial charge in [-0.05, 0) is 31.2 Å². The van der Waals surface area contributed by atoms with Gasteiger partial charge in [-0.1, -0.05) is 42.1 Å². The topological polar surface area (TPSA) is 56.2 Å². The van der Waals surface area contributed by atoms with Crippen LogP contribution in [-0.4, -0.2) is 40.0 Å². The molecule has 25 heavy (non-hydrogen) atoms. The van der Waals surface area contributed by atoms with E-state index < -0.39 is 0 Å². The predicted octanol–water partition coefficient (Wildman–Crippen LogP) is 3.10. The molecular formula is C19H23N3O2S. The maximum absolute atomic E-state index is 12.0. The van der Waals surface area contributed by atoms with Gasteiger partial charge in [0.2, 0.25) is 5.91 Å². The van der Waals surface area contributed by atoms with Crippen LogP contribution in [0.2, 0.25) is 0 Å². The van der Waals surface area contributed by atoms with Gasteiger partial charge in [-0.15, -0.1) is 0 Å². The fourth-order valence-corrected chi connectivity index (χ4v) is 3.91. The highest BCUT2D eigenvalue weighted by Crippen LogP contribution is 2.28. The zero-order valence-electron chi connectivity index (χ0n) is 14.2. The van der Waals surface area contributed by atoms with E-state index >= 15 is 0 Å². The fraction of sp³-hybridized carbons (Fsp3) is 0.474. The first kappa shape index (κ1) is 16.7. The van der Waals surface area contributed by atoms with Crippen molar-refractivity contribution in [3.63, 3.8) is 0 Å². The number of amides is 1. The van der Waals surface area contributed by atoms with Gasteiger partial charge >= 0.3 is 0 Å². The summed E-state index contributed by atoms with van der Waals surface area (Å²) in [7, 11) is 0. The van der Waals surface area contributed by atoms with Crippen LogP contribution in [-0.2, 0) is 16.1 Å². The van der Waals surface area contributed by atoms with E-state index in [4.69, 9.17) is 4.74 Å². The molecule has 1 amide bonds. The predicted molar refractivity (Wildman–Crippen MR) is 98.5 cm³/mol. The van der Waals surface area contributed by atoms with Gasteiger partial charge in [0.05, 0.1) is 30.3 Å². The number of nitrogens with one attached hydrogen (secondary N) is 1. The van der Waals surface area contributed by atoms with Crippen molar-refractivity contribution in [3.05, 3.63) is 36.5 Å². The molecular weight excluding hydrogens is 334 g/mol. The second-order valence-corrected chi connectivity index (χ2v) is 7.61. The largest absolute Gasteiger partial charge is 0.376 e. The van der Waals surface area contributed by atoms with Crippen LogP contribution < -0.4 is 5.32 Å². The molecule has 2 heterocycles. The monoisotopic (exact) mass is 357 g/mol. The Bertz CT molecular complexity index is 722. The van der Waals surface area contributed by atoms with Crippen molar-refractivity contribution in [2.75, 3.05) is 12.4 Å². The zero-order chi connectivity index (χ0) is 17.1. The third-order valence-corrected chi connectivity index (χ3v) is 5.56. The number of nitrogens with zero attached hydrogens (tertiary/aromatic N) is 2. The van der Waals surface area contributed by atoms with Gasteiger partial charge in [-0.3, -0.25) is 4.79 Å². The summed E-state index contributed by atoms with van der Waals surface area (Å²) in [5.74, 6) is 0.508. The van der Waals surface area contributed by atoms with Crippen LogP contribution in [0, 0.1) is 0 Å². The molecule has 1 aromatic carbocycles. The highest BCUT2D eigenvalue weighted by molar-refractivity contribution is 7.99. The molecule has 2 aliphatic rings. The number of hydrogen-bond acceptors (Lipinski definition) is 4. The maximum Gasteiger partial charge on any atom is 0.230 e. The molecule has 0 radical (unpaired) electrons. The highest BCUT2D eigenvalue weighted by atomic mass is 32.2. The average Bonchev–Trinajstić information content (AvgIpc) is 3.14. The van der Waals surface area contributed by atoms with Gasteiger partial charge in [-0.2, -0.15) is 0 Å². The normalized spacial score (nSPS) is 19.9. The Labute approximate surface area is 152 Å². The lowest BCUT2D eigenvalue weighted by Gasteiger charge is -2.16. The first-order valence-corrected chi connectivity index (χ1v) is 9.93. The number of ether oxygens (including phenoxy) is 1. The van der Waals surface area contributed by atoms with Crippen molar-refractivity contribution in [1.82, 2.24) is 14.9 Å². The van der Waals surface area contributed by atoms with Crippen molar-refractivity contribution in [2.45, 2.75) is 49.5 Å². The van der Waals surface area contributed by atoms with Crippen LogP contribution in [0.4, 0.5) is 0 Å². The van der Waals surface area contributed by atoms with E-state index in [1.54, 1.807) is 0 Å². The van der Waals surface area contributed by atoms with Gasteiger partial charge in [0.15, 0.2) is 5.16 Å². The maximum atomic E-state index is 12.0. The summed E-state index contributed by atoms with van der Waals surface area (Å²) in [5, 5.41) is 3.92. The highest BCUT2D eigenvalue weighted by Gasteiger charge is 2.24. The lowest BCUT2D eigenvalue weighted by molar-refractivity contribution is -0.118. The standard InChI is InChI=1S/C19H23N3O2S/c23-18(21-15-8-9-15)13-25-19-20-11-17(14-5-2-1-3-6-14)22(19)12-16-7-4-10-24-16/h1-3,5-6,11,15-16H,4,7-10,12-13H2,(H,21,23)/t16-/m1/s1. The van der Waals surface area contributed by atoms with Crippen molar-refractivity contribution < 1.29 is 9.53 Å². The van der Waals surface area contributed by atoms with E-state index in [0.29, 0.717) is 11.8 Å². The van der Waals surface area contributed by atoms with Gasteiger partial charge in [0.1, 0.15) is 0 Å². The number of aromatic nitrogens is 2. The van der Waals surface area contributed by atoms with E-state index in [-0.39, 0.29) is 12.0 Å². The second-order valence-electron chi connectivity index (χ2n) is 6.67. The van der Waals surface area contributed by atoms with Crippen molar-refractivity contribution in [2.24, 2.45) is 0 Å². The first-order valence-electron chi connectivity index (χ1n) is 8.94. The molecule has 1 saturated carbocycles. The molecule has 4 rings (SSSR count). The third-order valence-electron chi connectivity index (χ3n) is 4.57. The third kappa shape index (κ3) is 4.25. The lowest BCUT2D eigenvalue weighted by atomic mass is 10.1. The SMILES string of the molecule is O=C(CSc1ncc(-c2ccccc2)n1C[C@H]1CCCO1)NC1CC1. The first-order chi connectivity index (χ1) is 12.3. The summed E-state index contributed by atoms with van der Waals surface area (Å²) < 4.78 is 8.03. The number of hydrogen-bond donors (Lipinski definition) is 1. The van der Waals surface area contributed by atoms with E-state index in [0.717, 1.165) is 55.2 Å². The van der Waals surface area contributed by atoms with E-state index in [9.17, 15) is 4.79 Å². The number of benzene rings is 1. The molecule has 132 valence electrons. The molecule has 1 saturated heterocycles. The Morgan fingerprint density at radius 2 is 2.12 bits per heavy atom. The molecule has 6 heteroatoms. The van der Waals surface area contributed by atoms with Crippen LogP contribution in [0.25, 0.3) is 11.3 Å². The molecule has 5 nitrogen and oxygen atoms in total. The van der Waals surface area contributed by atoms with Gasteiger partial charge in [0.25, 0.3) is 0 Å². The van der Waals surface area contributed by atoms with Crippen molar-refractivity contribution >= 4 is 17.7 Å². The number of imidazole rings is 1. The van der Waals surface area contributed by atoms with Crippen LogP contribution in [0.3, 0.4) is 0 Å². The molecule has 0 spiro atoms. The van der Waals surface area contributed by atoms with Crippen LogP contribution >= 0.6 is 11.8 Å². The minimum Gasteiger partial charge on any atom is -0.376 e. The molecule has 2 fully saturated rings. The second kappa shape index (κ2) is 7.62. The van der Waals surface area contributed by atoms with Crippen LogP contribution in [0.15, 0.2) is 41.7 Å². The van der Waals surface area contributed by atoms with Crippen molar-refractivity contribution in [3.8, 4) is 11.3 Å². The summed E-state index contributed by atoms with van der Waals surface area (Å²) in [5.41, 5.74) is 2.23. The quantitative estimate of drug-likeness (QED) is 0.774. The summed E-state index contributed by atoms with van der Waals surface area (Å²) >= 11 is 1.51. The molecule has 1 atom stereocenters. The summed E-state index contributed by atoms with van der Waals surface area (Å²) in [4.78, 5) is 16.6. The smallest absolute Gasteiger partial charge is 0.230 e. The summed E-state index contributed by atoms with van der Waals surface area (Å²) in [6.07, 6.45) is 6.57. The summed E-state index contributed by atoms with van der Waals surface area (Å²) in [6, 6.07) is 10.7. The van der Waals surface area contributed by atoms with Crippen LogP contribution in [0.1, 0.15) is 25.7 Å². The Kier molecular flexibility index (Phi) is 5.08. The molecule has 0 bridgehead atoms. The molecule has 1 aromatic heterocycles. The lowest BCUT2D eigenvalue weighted by Crippen LogP contribution is -2.27. The Morgan fingerprint density at radius 1 is 1.28 bits per heavy atom. The molecule has 2 aromatic rings. The molecule has 1 aliphatic carbocycles. The van der Waals surface area contributed by atoms with Gasteiger partial charge in [0, 0.05) is 12.6 Å². The average molecular weight is 357 g/mol. The number of carbonyl (C=O) groups is 1. The molecule has 0 unspecified atom stereocenters. The zero-order valence-corrected chi connectivity index (χ0v) is 15.0. The van der Waals surface area contributed by atoms with E-state index in [1.165, 1.54) is 11.8 Å². The fourth-order valence-electron chi connectivity index (χ4n) is 3.11. The van der Waals surface area contributed by atoms with Crippen LogP contribution in [0.5, 0.6) is 0 Å². The Balaban J connectivity index is 1.52. The Hall–Kier alpha value is -1.79.